The van der Waals surface area contributed by atoms with Crippen LogP contribution in [0.25, 0.3) is 0 Å². The number of carbonyl (C=O) groups excluding carboxylic acids is 1. The summed E-state index contributed by atoms with van der Waals surface area (Å²) in [6, 6.07) is 3.12. The first-order valence-corrected chi connectivity index (χ1v) is 6.98. The van der Waals surface area contributed by atoms with Crippen molar-refractivity contribution in [2.24, 2.45) is 0 Å². The molecule has 0 aromatic carbocycles. The van der Waals surface area contributed by atoms with E-state index in [9.17, 15) is 9.90 Å². The van der Waals surface area contributed by atoms with Crippen molar-refractivity contribution in [3.63, 3.8) is 0 Å². The Labute approximate surface area is 122 Å². The van der Waals surface area contributed by atoms with Gasteiger partial charge in [-0.25, -0.2) is 4.98 Å². The van der Waals surface area contributed by atoms with Gasteiger partial charge in [0.05, 0.1) is 10.6 Å². The lowest BCUT2D eigenvalue weighted by molar-refractivity contribution is 0.0437. The number of carbonyl (C=O) groups is 1. The standard InChI is InChI=1S/C13H16Cl2N2O2/c1-13(19)5-2-7-17(8-6-13)12(18)11-9(14)3-4-10(15)16-11/h3-4,19H,2,5-8H2,1H3. The first-order valence-electron chi connectivity index (χ1n) is 6.23. The Morgan fingerprint density at radius 1 is 1.37 bits per heavy atom. The van der Waals surface area contributed by atoms with E-state index >= 15 is 0 Å². The summed E-state index contributed by atoms with van der Waals surface area (Å²) >= 11 is 11.8. The molecule has 1 aromatic heterocycles. The lowest BCUT2D eigenvalue weighted by Gasteiger charge is -2.22. The summed E-state index contributed by atoms with van der Waals surface area (Å²) in [5.41, 5.74) is -0.531. The molecule has 1 N–H and O–H groups in total. The lowest BCUT2D eigenvalue weighted by Crippen LogP contribution is -2.34. The van der Waals surface area contributed by atoms with Gasteiger partial charge in [0.15, 0.2) is 0 Å². The smallest absolute Gasteiger partial charge is 0.274 e. The van der Waals surface area contributed by atoms with E-state index in [4.69, 9.17) is 23.2 Å². The number of nitrogens with zero attached hydrogens (tertiary/aromatic N) is 2. The molecule has 0 bridgehead atoms. The Morgan fingerprint density at radius 3 is 2.84 bits per heavy atom. The van der Waals surface area contributed by atoms with Gasteiger partial charge in [-0.15, -0.1) is 0 Å². The third-order valence-corrected chi connectivity index (χ3v) is 3.88. The highest BCUT2D eigenvalue weighted by Crippen LogP contribution is 2.24. The van der Waals surface area contributed by atoms with Crippen molar-refractivity contribution in [1.82, 2.24) is 9.88 Å². The molecule has 0 aliphatic carbocycles. The molecule has 2 rings (SSSR count). The van der Waals surface area contributed by atoms with Crippen LogP contribution in [0.4, 0.5) is 0 Å². The molecule has 1 unspecified atom stereocenters. The second-order valence-corrected chi connectivity index (χ2v) is 5.90. The van der Waals surface area contributed by atoms with Gasteiger partial charge in [0.1, 0.15) is 10.8 Å². The van der Waals surface area contributed by atoms with Crippen molar-refractivity contribution in [2.75, 3.05) is 13.1 Å². The summed E-state index contributed by atoms with van der Waals surface area (Å²) < 4.78 is 0. The van der Waals surface area contributed by atoms with Crippen molar-refractivity contribution in [1.29, 1.82) is 0 Å². The van der Waals surface area contributed by atoms with Gasteiger partial charge >= 0.3 is 0 Å². The van der Waals surface area contributed by atoms with E-state index < -0.39 is 5.60 Å². The zero-order valence-electron chi connectivity index (χ0n) is 10.7. The molecule has 1 atom stereocenters. The van der Waals surface area contributed by atoms with Crippen LogP contribution >= 0.6 is 23.2 Å². The van der Waals surface area contributed by atoms with Crippen molar-refractivity contribution < 1.29 is 9.90 Å². The van der Waals surface area contributed by atoms with Crippen molar-refractivity contribution in [2.45, 2.75) is 31.8 Å². The molecular formula is C13H16Cl2N2O2. The van der Waals surface area contributed by atoms with Gasteiger partial charge in [0.25, 0.3) is 5.91 Å². The molecule has 1 aliphatic rings. The Balaban J connectivity index is 2.17. The molecule has 1 fully saturated rings. The molecule has 0 radical (unpaired) electrons. The number of aromatic nitrogens is 1. The summed E-state index contributed by atoms with van der Waals surface area (Å²) in [6.07, 6.45) is 2.00. The van der Waals surface area contributed by atoms with Crippen LogP contribution in [0.3, 0.4) is 0 Å². The van der Waals surface area contributed by atoms with Gasteiger partial charge in [-0.3, -0.25) is 4.79 Å². The van der Waals surface area contributed by atoms with E-state index in [1.807, 2.05) is 0 Å². The molecule has 0 spiro atoms. The van der Waals surface area contributed by atoms with E-state index in [-0.39, 0.29) is 16.8 Å². The fraction of sp³-hybridized carbons (Fsp3) is 0.538. The third kappa shape index (κ3) is 3.59. The second-order valence-electron chi connectivity index (χ2n) is 5.11. The highest BCUT2D eigenvalue weighted by Gasteiger charge is 2.28. The normalized spacial score (nSPS) is 24.1. The molecule has 19 heavy (non-hydrogen) atoms. The number of hydrogen-bond donors (Lipinski definition) is 1. The van der Waals surface area contributed by atoms with E-state index in [1.165, 1.54) is 0 Å². The van der Waals surface area contributed by atoms with Crippen LogP contribution in [0.15, 0.2) is 12.1 Å². The second kappa shape index (κ2) is 5.65. The maximum absolute atomic E-state index is 12.4. The molecular weight excluding hydrogens is 287 g/mol. The van der Waals surface area contributed by atoms with Crippen molar-refractivity contribution in [3.05, 3.63) is 28.0 Å². The van der Waals surface area contributed by atoms with Crippen LogP contribution < -0.4 is 0 Å². The summed E-state index contributed by atoms with van der Waals surface area (Å²) in [5, 5.41) is 10.6. The summed E-state index contributed by atoms with van der Waals surface area (Å²) in [6.45, 7) is 2.89. The number of rotatable bonds is 1. The maximum Gasteiger partial charge on any atom is 0.274 e. The van der Waals surface area contributed by atoms with Gasteiger partial charge < -0.3 is 10.0 Å². The number of hydrogen-bond acceptors (Lipinski definition) is 3. The highest BCUT2D eigenvalue weighted by molar-refractivity contribution is 6.34. The lowest BCUT2D eigenvalue weighted by atomic mass is 9.98. The van der Waals surface area contributed by atoms with Crippen molar-refractivity contribution >= 4 is 29.1 Å². The zero-order chi connectivity index (χ0) is 14.0. The first-order chi connectivity index (χ1) is 8.89. The topological polar surface area (TPSA) is 53.4 Å². The van der Waals surface area contributed by atoms with Gasteiger partial charge in [0, 0.05) is 13.1 Å². The summed E-state index contributed by atoms with van der Waals surface area (Å²) in [4.78, 5) is 18.0. The van der Waals surface area contributed by atoms with E-state index in [0.29, 0.717) is 31.0 Å². The molecule has 2 heterocycles. The maximum atomic E-state index is 12.4. The quantitative estimate of drug-likeness (QED) is 0.812. The Hall–Kier alpha value is -0.840. The Kier molecular flexibility index (Phi) is 4.33. The summed E-state index contributed by atoms with van der Waals surface area (Å²) in [5.74, 6) is -0.231. The SMILES string of the molecule is CC1(O)CCCN(C(=O)c2nc(Cl)ccc2Cl)CC1. The third-order valence-electron chi connectivity index (χ3n) is 3.37. The summed E-state index contributed by atoms with van der Waals surface area (Å²) in [7, 11) is 0. The minimum Gasteiger partial charge on any atom is -0.390 e. The fourth-order valence-electron chi connectivity index (χ4n) is 2.18. The van der Waals surface area contributed by atoms with Crippen LogP contribution in [0.1, 0.15) is 36.7 Å². The minimum absolute atomic E-state index is 0.177. The zero-order valence-corrected chi connectivity index (χ0v) is 12.2. The molecule has 1 saturated heterocycles. The molecule has 0 saturated carbocycles. The van der Waals surface area contributed by atoms with E-state index in [1.54, 1.807) is 24.0 Å². The van der Waals surface area contributed by atoms with Crippen LogP contribution in [-0.2, 0) is 0 Å². The van der Waals surface area contributed by atoms with Crippen LogP contribution in [0.2, 0.25) is 10.2 Å². The average Bonchev–Trinajstić information content (AvgIpc) is 2.52. The van der Waals surface area contributed by atoms with Crippen LogP contribution in [0, 0.1) is 0 Å². The molecule has 1 aromatic rings. The van der Waals surface area contributed by atoms with Crippen molar-refractivity contribution in [3.8, 4) is 0 Å². The Bertz CT molecular complexity index is 492. The largest absolute Gasteiger partial charge is 0.390 e. The molecule has 1 aliphatic heterocycles. The number of aliphatic hydroxyl groups is 1. The molecule has 6 heteroatoms. The number of amides is 1. The van der Waals surface area contributed by atoms with Crippen LogP contribution in [-0.4, -0.2) is 39.6 Å². The highest BCUT2D eigenvalue weighted by atomic mass is 35.5. The number of likely N-dealkylation sites (tertiary alicyclic amines) is 1. The van der Waals surface area contributed by atoms with E-state index in [2.05, 4.69) is 4.98 Å². The fourth-order valence-corrected chi connectivity index (χ4v) is 2.52. The molecule has 1 amide bonds. The van der Waals surface area contributed by atoms with Gasteiger partial charge in [-0.1, -0.05) is 23.2 Å². The molecule has 104 valence electrons. The monoisotopic (exact) mass is 302 g/mol. The number of halogens is 2. The van der Waals surface area contributed by atoms with E-state index in [0.717, 1.165) is 6.42 Å². The van der Waals surface area contributed by atoms with Crippen LogP contribution in [0.5, 0.6) is 0 Å². The molecule has 4 nitrogen and oxygen atoms in total. The van der Waals surface area contributed by atoms with Gasteiger partial charge in [-0.05, 0) is 38.3 Å². The average molecular weight is 303 g/mol. The first kappa shape index (κ1) is 14.6. The predicted molar refractivity (Wildman–Crippen MR) is 74.6 cm³/mol. The number of pyridine rings is 1. The van der Waals surface area contributed by atoms with Gasteiger partial charge in [0.2, 0.25) is 0 Å². The predicted octanol–water partition coefficient (Wildman–Crippen LogP) is 2.77. The van der Waals surface area contributed by atoms with Gasteiger partial charge in [-0.2, -0.15) is 0 Å². The Morgan fingerprint density at radius 2 is 2.11 bits per heavy atom. The minimum atomic E-state index is -0.708.